The Morgan fingerprint density at radius 2 is 2.21 bits per heavy atom. The van der Waals surface area contributed by atoms with Gasteiger partial charge in [0.2, 0.25) is 11.8 Å². The number of carbonyl (C=O) groups is 3. The number of aromatic nitrogens is 1. The molecule has 0 spiro atoms. The van der Waals surface area contributed by atoms with E-state index in [9.17, 15) is 14.4 Å². The van der Waals surface area contributed by atoms with Crippen LogP contribution < -0.4 is 0 Å². The first-order valence-electron chi connectivity index (χ1n) is 8.46. The van der Waals surface area contributed by atoms with Crippen LogP contribution in [0.15, 0.2) is 24.5 Å². The fourth-order valence-electron chi connectivity index (χ4n) is 3.55. The van der Waals surface area contributed by atoms with Gasteiger partial charge in [-0.05, 0) is 24.5 Å². The molecule has 2 amide bonds. The quantitative estimate of drug-likeness (QED) is 0.809. The molecule has 0 saturated carbocycles. The van der Waals surface area contributed by atoms with E-state index in [-0.39, 0.29) is 36.6 Å². The second-order valence-electron chi connectivity index (χ2n) is 6.35. The lowest BCUT2D eigenvalue weighted by molar-refractivity contribution is -0.133. The minimum absolute atomic E-state index is 0.0321. The van der Waals surface area contributed by atoms with E-state index in [1.165, 1.54) is 0 Å². The van der Waals surface area contributed by atoms with E-state index in [0.29, 0.717) is 19.4 Å². The number of hydrogen-bond donors (Lipinski definition) is 0. The van der Waals surface area contributed by atoms with Crippen molar-refractivity contribution in [2.45, 2.75) is 44.7 Å². The maximum atomic E-state index is 12.6. The highest BCUT2D eigenvalue weighted by Gasteiger charge is 2.50. The molecule has 0 bridgehead atoms. The normalized spacial score (nSPS) is 22.8. The third-order valence-corrected chi connectivity index (χ3v) is 4.71. The Morgan fingerprint density at radius 1 is 1.38 bits per heavy atom. The van der Waals surface area contributed by atoms with Crippen LogP contribution in [0.5, 0.6) is 0 Å². The van der Waals surface area contributed by atoms with Crippen LogP contribution in [0.2, 0.25) is 0 Å². The maximum absolute atomic E-state index is 12.6. The lowest BCUT2D eigenvalue weighted by atomic mass is 10.1. The van der Waals surface area contributed by atoms with Gasteiger partial charge in [0, 0.05) is 25.4 Å². The van der Waals surface area contributed by atoms with Crippen LogP contribution in [0.3, 0.4) is 0 Å². The van der Waals surface area contributed by atoms with Gasteiger partial charge in [0.05, 0.1) is 19.0 Å². The molecular weight excluding hydrogens is 306 g/mol. The summed E-state index contributed by atoms with van der Waals surface area (Å²) in [6.07, 6.45) is 7.49. The highest BCUT2D eigenvalue weighted by atomic mass is 16.2. The summed E-state index contributed by atoms with van der Waals surface area (Å²) in [6.45, 7) is 2.65. The Bertz CT molecular complexity index is 632. The van der Waals surface area contributed by atoms with Gasteiger partial charge < -0.3 is 9.80 Å². The molecule has 3 heterocycles. The third kappa shape index (κ3) is 3.18. The highest BCUT2D eigenvalue weighted by Crippen LogP contribution is 2.30. The molecule has 2 atom stereocenters. The van der Waals surface area contributed by atoms with E-state index >= 15 is 0 Å². The number of nitrogens with zero attached hydrogens (tertiary/aromatic N) is 3. The summed E-state index contributed by atoms with van der Waals surface area (Å²) in [7, 11) is 0. The van der Waals surface area contributed by atoms with Crippen molar-refractivity contribution in [3.05, 3.63) is 36.5 Å². The van der Waals surface area contributed by atoms with Crippen molar-refractivity contribution in [3.63, 3.8) is 0 Å². The molecule has 1 radical (unpaired) electrons. The van der Waals surface area contributed by atoms with Crippen LogP contribution in [-0.2, 0) is 20.8 Å². The van der Waals surface area contributed by atoms with E-state index in [4.69, 9.17) is 0 Å². The Labute approximate surface area is 141 Å². The van der Waals surface area contributed by atoms with Gasteiger partial charge in [-0.2, -0.15) is 0 Å². The number of rotatable bonds is 5. The number of Topliss-reactive ketones (excluding diaryl/α,β-unsaturated/α-hetero) is 1. The first-order chi connectivity index (χ1) is 11.6. The standard InChI is InChI=1S/C18H22N3O3/c1-2-3-6-16(23)20-9-7-14-18(20)15(22)12-21(14)17(24)10-13-5-4-8-19-11-13/h4-6,8,11,14,18H,2-3,7,9-10,12H2,1H3. The molecule has 1 aromatic heterocycles. The number of amides is 2. The predicted molar refractivity (Wildman–Crippen MR) is 87.8 cm³/mol. The monoisotopic (exact) mass is 328 g/mol. The molecule has 0 aliphatic carbocycles. The highest BCUT2D eigenvalue weighted by molar-refractivity contribution is 5.99. The number of unbranched alkanes of at least 4 members (excludes halogenated alkanes) is 1. The Kier molecular flexibility index (Phi) is 4.92. The Hall–Kier alpha value is -2.24. The predicted octanol–water partition coefficient (Wildman–Crippen LogP) is 1.01. The SMILES string of the molecule is CCC[CH]C(=O)N1CCC2C1C(=O)CN2C(=O)Cc1cccnc1. The number of likely N-dealkylation sites (tertiary alicyclic amines) is 2. The van der Waals surface area contributed by atoms with Gasteiger partial charge in [0.15, 0.2) is 5.78 Å². The summed E-state index contributed by atoms with van der Waals surface area (Å²) >= 11 is 0. The smallest absolute Gasteiger partial charge is 0.227 e. The van der Waals surface area contributed by atoms with Crippen LogP contribution in [0.25, 0.3) is 0 Å². The second kappa shape index (κ2) is 7.11. The van der Waals surface area contributed by atoms with Crippen LogP contribution in [0, 0.1) is 6.42 Å². The van der Waals surface area contributed by atoms with Crippen LogP contribution in [-0.4, -0.2) is 57.6 Å². The second-order valence-corrected chi connectivity index (χ2v) is 6.35. The summed E-state index contributed by atoms with van der Waals surface area (Å²) in [4.78, 5) is 44.5. The largest absolute Gasteiger partial charge is 0.330 e. The number of hydrogen-bond acceptors (Lipinski definition) is 4. The van der Waals surface area contributed by atoms with E-state index < -0.39 is 6.04 Å². The number of pyridine rings is 1. The summed E-state index contributed by atoms with van der Waals surface area (Å²) in [5.41, 5.74) is 0.834. The molecule has 2 saturated heterocycles. The molecule has 6 heteroatoms. The molecule has 2 unspecified atom stereocenters. The third-order valence-electron chi connectivity index (χ3n) is 4.71. The summed E-state index contributed by atoms with van der Waals surface area (Å²) in [5, 5.41) is 0. The fraction of sp³-hybridized carbons (Fsp3) is 0.500. The van der Waals surface area contributed by atoms with Crippen molar-refractivity contribution >= 4 is 17.6 Å². The van der Waals surface area contributed by atoms with Crippen molar-refractivity contribution in [2.24, 2.45) is 0 Å². The van der Waals surface area contributed by atoms with Crippen molar-refractivity contribution < 1.29 is 14.4 Å². The molecule has 127 valence electrons. The lowest BCUT2D eigenvalue weighted by Gasteiger charge is -2.24. The van der Waals surface area contributed by atoms with Gasteiger partial charge in [0.1, 0.15) is 6.04 Å². The van der Waals surface area contributed by atoms with Crippen LogP contribution in [0.4, 0.5) is 0 Å². The van der Waals surface area contributed by atoms with Crippen LogP contribution in [0.1, 0.15) is 31.7 Å². The van der Waals surface area contributed by atoms with Gasteiger partial charge in [0.25, 0.3) is 0 Å². The Balaban J connectivity index is 1.67. The fourth-order valence-corrected chi connectivity index (χ4v) is 3.55. The zero-order valence-electron chi connectivity index (χ0n) is 13.9. The molecule has 2 fully saturated rings. The average Bonchev–Trinajstić information content (AvgIpc) is 3.15. The van der Waals surface area contributed by atoms with Gasteiger partial charge in [-0.25, -0.2) is 0 Å². The van der Waals surface area contributed by atoms with Crippen molar-refractivity contribution in [1.82, 2.24) is 14.8 Å². The zero-order chi connectivity index (χ0) is 17.1. The first kappa shape index (κ1) is 16.6. The van der Waals surface area contributed by atoms with E-state index in [0.717, 1.165) is 12.0 Å². The number of carbonyl (C=O) groups excluding carboxylic acids is 3. The minimum Gasteiger partial charge on any atom is -0.330 e. The molecule has 6 nitrogen and oxygen atoms in total. The first-order valence-corrected chi connectivity index (χ1v) is 8.46. The lowest BCUT2D eigenvalue weighted by Crippen LogP contribution is -2.43. The topological polar surface area (TPSA) is 70.6 Å². The summed E-state index contributed by atoms with van der Waals surface area (Å²) in [5.74, 6) is -0.190. The molecule has 24 heavy (non-hydrogen) atoms. The molecule has 2 aliphatic heterocycles. The average molecular weight is 328 g/mol. The van der Waals surface area contributed by atoms with E-state index in [2.05, 4.69) is 4.98 Å². The number of ketones is 1. The van der Waals surface area contributed by atoms with Crippen molar-refractivity contribution in [3.8, 4) is 0 Å². The maximum Gasteiger partial charge on any atom is 0.227 e. The van der Waals surface area contributed by atoms with Crippen molar-refractivity contribution in [1.29, 1.82) is 0 Å². The van der Waals surface area contributed by atoms with Gasteiger partial charge in [-0.1, -0.05) is 19.4 Å². The zero-order valence-corrected chi connectivity index (χ0v) is 13.9. The van der Waals surface area contributed by atoms with Gasteiger partial charge in [-0.15, -0.1) is 0 Å². The molecule has 0 aromatic carbocycles. The number of fused-ring (bicyclic) bond motifs is 1. The van der Waals surface area contributed by atoms with Gasteiger partial charge >= 0.3 is 0 Å². The van der Waals surface area contributed by atoms with E-state index in [1.54, 1.807) is 34.7 Å². The van der Waals surface area contributed by atoms with Crippen molar-refractivity contribution in [2.75, 3.05) is 13.1 Å². The molecule has 3 rings (SSSR count). The summed E-state index contributed by atoms with van der Waals surface area (Å²) < 4.78 is 0. The molecular formula is C18H22N3O3. The van der Waals surface area contributed by atoms with Gasteiger partial charge in [-0.3, -0.25) is 19.4 Å². The summed E-state index contributed by atoms with van der Waals surface area (Å²) in [6, 6.07) is 2.99. The Morgan fingerprint density at radius 3 is 2.92 bits per heavy atom. The van der Waals surface area contributed by atoms with Crippen LogP contribution >= 0.6 is 0 Å². The minimum atomic E-state index is -0.469. The van der Waals surface area contributed by atoms with E-state index in [1.807, 2.05) is 13.0 Å². The molecule has 0 N–H and O–H groups in total. The molecule has 1 aromatic rings. The molecule has 2 aliphatic rings.